The summed E-state index contributed by atoms with van der Waals surface area (Å²) in [5.74, 6) is 0.148. The van der Waals surface area contributed by atoms with Crippen LogP contribution in [0.1, 0.15) is 83.0 Å². The number of hydrogen-bond acceptors (Lipinski definition) is 4. The summed E-state index contributed by atoms with van der Waals surface area (Å²) in [6.07, 6.45) is 2.97. The molecule has 0 aliphatic rings. The van der Waals surface area contributed by atoms with Gasteiger partial charge in [-0.25, -0.2) is 17.2 Å². The standard InChI is InChI=1S/C34H39NO5S/c1-7-8-17-40-34-28(23(4)5)19-25(22(2)3)20-30(34)27-15-12-16-31-29(27)21-32(24(6)18-33(36)37)35(31)41(38,39)26-13-10-9-11-14-26/h9-16,18-23H,7-8,17H2,1-6H3,(H,36,37)/b24-18+. The fraction of sp³-hybridized carbons (Fsp3) is 0.324. The van der Waals surface area contributed by atoms with Gasteiger partial charge in [0.2, 0.25) is 0 Å². The highest BCUT2D eigenvalue weighted by molar-refractivity contribution is 7.90. The third-order valence-corrected chi connectivity index (χ3v) is 9.03. The number of unbranched alkanes of at least 4 members (excludes halogenated alkanes) is 1. The van der Waals surface area contributed by atoms with Crippen molar-refractivity contribution >= 4 is 32.5 Å². The molecule has 0 radical (unpaired) electrons. The smallest absolute Gasteiger partial charge is 0.328 e. The predicted molar refractivity (Wildman–Crippen MR) is 166 cm³/mol. The SMILES string of the molecule is CCCCOc1c(-c2cccc3c2cc(/C(C)=C/C(=O)O)n3S(=O)(=O)c2ccccc2)cc(C(C)C)cc1C(C)C. The number of rotatable bonds is 11. The van der Waals surface area contributed by atoms with Gasteiger partial charge >= 0.3 is 5.97 Å². The van der Waals surface area contributed by atoms with E-state index in [1.165, 1.54) is 9.54 Å². The first-order valence-corrected chi connectivity index (χ1v) is 15.6. The van der Waals surface area contributed by atoms with E-state index >= 15 is 0 Å². The second-order valence-electron chi connectivity index (χ2n) is 11.0. The van der Waals surface area contributed by atoms with Gasteiger partial charge < -0.3 is 9.84 Å². The molecule has 1 heterocycles. The molecule has 41 heavy (non-hydrogen) atoms. The molecule has 6 nitrogen and oxygen atoms in total. The highest BCUT2D eigenvalue weighted by Gasteiger charge is 2.26. The van der Waals surface area contributed by atoms with Crippen LogP contribution in [0, 0.1) is 0 Å². The van der Waals surface area contributed by atoms with Crippen molar-refractivity contribution in [3.63, 3.8) is 0 Å². The van der Waals surface area contributed by atoms with Crippen molar-refractivity contribution < 1.29 is 23.1 Å². The second-order valence-corrected chi connectivity index (χ2v) is 12.8. The number of carboxylic acid groups (broad SMARTS) is 1. The minimum Gasteiger partial charge on any atom is -0.493 e. The molecule has 0 saturated heterocycles. The lowest BCUT2D eigenvalue weighted by molar-refractivity contribution is -0.131. The molecule has 0 saturated carbocycles. The number of allylic oxidation sites excluding steroid dienone is 1. The molecule has 216 valence electrons. The van der Waals surface area contributed by atoms with E-state index in [9.17, 15) is 18.3 Å². The summed E-state index contributed by atoms with van der Waals surface area (Å²) in [6.45, 7) is 12.9. The minimum atomic E-state index is -4.05. The summed E-state index contributed by atoms with van der Waals surface area (Å²) in [5.41, 5.74) is 5.13. The van der Waals surface area contributed by atoms with E-state index in [1.807, 2.05) is 12.1 Å². The van der Waals surface area contributed by atoms with Crippen molar-refractivity contribution in [2.45, 2.75) is 71.1 Å². The lowest BCUT2D eigenvalue weighted by Crippen LogP contribution is -2.15. The topological polar surface area (TPSA) is 85.6 Å². The summed E-state index contributed by atoms with van der Waals surface area (Å²) in [4.78, 5) is 11.8. The van der Waals surface area contributed by atoms with Gasteiger partial charge in [0.25, 0.3) is 10.0 Å². The fourth-order valence-corrected chi connectivity index (χ4v) is 6.63. The highest BCUT2D eigenvalue weighted by Crippen LogP contribution is 2.44. The Kier molecular flexibility index (Phi) is 9.08. The van der Waals surface area contributed by atoms with Gasteiger partial charge in [-0.15, -0.1) is 0 Å². The molecule has 1 aromatic heterocycles. The van der Waals surface area contributed by atoms with Crippen molar-refractivity contribution in [1.82, 2.24) is 3.97 Å². The first-order valence-electron chi connectivity index (χ1n) is 14.1. The lowest BCUT2D eigenvalue weighted by atomic mass is 9.88. The van der Waals surface area contributed by atoms with E-state index in [0.717, 1.165) is 41.4 Å². The molecule has 0 unspecified atom stereocenters. The molecule has 0 atom stereocenters. The third kappa shape index (κ3) is 6.10. The first kappa shape index (κ1) is 30.1. The van der Waals surface area contributed by atoms with Gasteiger partial charge in [0, 0.05) is 17.0 Å². The largest absolute Gasteiger partial charge is 0.493 e. The van der Waals surface area contributed by atoms with Crippen LogP contribution < -0.4 is 4.74 Å². The zero-order valence-corrected chi connectivity index (χ0v) is 25.5. The molecular formula is C34H39NO5S. The number of aromatic nitrogens is 1. The van der Waals surface area contributed by atoms with Gasteiger partial charge in [-0.1, -0.05) is 77.4 Å². The van der Waals surface area contributed by atoms with Crippen LogP contribution in [0.2, 0.25) is 0 Å². The maximum atomic E-state index is 14.1. The molecule has 4 rings (SSSR count). The van der Waals surface area contributed by atoms with Crippen molar-refractivity contribution in [2.75, 3.05) is 6.61 Å². The van der Waals surface area contributed by atoms with Crippen molar-refractivity contribution in [1.29, 1.82) is 0 Å². The Morgan fingerprint density at radius 1 is 0.951 bits per heavy atom. The van der Waals surface area contributed by atoms with Crippen LogP contribution >= 0.6 is 0 Å². The van der Waals surface area contributed by atoms with E-state index in [-0.39, 0.29) is 16.7 Å². The first-order chi connectivity index (χ1) is 19.5. The van der Waals surface area contributed by atoms with Crippen molar-refractivity contribution in [3.8, 4) is 16.9 Å². The summed E-state index contributed by atoms with van der Waals surface area (Å²) >= 11 is 0. The molecule has 3 aromatic carbocycles. The van der Waals surface area contributed by atoms with Crippen LogP contribution in [0.5, 0.6) is 5.75 Å². The van der Waals surface area contributed by atoms with E-state index in [2.05, 4.69) is 46.8 Å². The summed E-state index contributed by atoms with van der Waals surface area (Å²) < 4.78 is 35.9. The van der Waals surface area contributed by atoms with E-state index in [1.54, 1.807) is 49.4 Å². The lowest BCUT2D eigenvalue weighted by Gasteiger charge is -2.22. The number of benzene rings is 3. The van der Waals surface area contributed by atoms with Gasteiger partial charge in [0.05, 0.1) is 22.7 Å². The molecule has 0 bridgehead atoms. The second kappa shape index (κ2) is 12.4. The van der Waals surface area contributed by atoms with Crippen LogP contribution in [-0.2, 0) is 14.8 Å². The normalized spacial score (nSPS) is 12.4. The van der Waals surface area contributed by atoms with E-state index in [0.29, 0.717) is 28.8 Å². The Balaban J connectivity index is 2.11. The van der Waals surface area contributed by atoms with Gasteiger partial charge in [-0.2, -0.15) is 0 Å². The average Bonchev–Trinajstić information content (AvgIpc) is 3.34. The maximum Gasteiger partial charge on any atom is 0.328 e. The highest BCUT2D eigenvalue weighted by atomic mass is 32.2. The number of nitrogens with zero attached hydrogens (tertiary/aromatic N) is 1. The Labute approximate surface area is 243 Å². The number of fused-ring (bicyclic) bond motifs is 1. The average molecular weight is 574 g/mol. The molecule has 1 N–H and O–H groups in total. The van der Waals surface area contributed by atoms with Crippen LogP contribution in [0.25, 0.3) is 27.6 Å². The fourth-order valence-electron chi connectivity index (χ4n) is 5.05. The van der Waals surface area contributed by atoms with Gasteiger partial charge in [0.1, 0.15) is 5.75 Å². The van der Waals surface area contributed by atoms with Gasteiger partial charge in [-0.05, 0) is 77.8 Å². The number of ether oxygens (including phenoxy) is 1. The van der Waals surface area contributed by atoms with Crippen molar-refractivity contribution in [2.24, 2.45) is 0 Å². The summed E-state index contributed by atoms with van der Waals surface area (Å²) in [7, 11) is -4.05. The molecule has 0 aliphatic carbocycles. The number of hydrogen-bond donors (Lipinski definition) is 1. The molecule has 0 aliphatic heterocycles. The van der Waals surface area contributed by atoms with Gasteiger partial charge in [0.15, 0.2) is 0 Å². The number of carbonyl (C=O) groups is 1. The molecule has 7 heteroatoms. The molecule has 0 fully saturated rings. The monoisotopic (exact) mass is 573 g/mol. The van der Waals surface area contributed by atoms with E-state index < -0.39 is 16.0 Å². The Bertz CT molecular complexity index is 1700. The van der Waals surface area contributed by atoms with Crippen LogP contribution in [-0.4, -0.2) is 30.1 Å². The molecular weight excluding hydrogens is 534 g/mol. The third-order valence-electron chi connectivity index (χ3n) is 7.29. The molecule has 0 spiro atoms. The zero-order valence-electron chi connectivity index (χ0n) is 24.6. The molecule has 4 aromatic rings. The van der Waals surface area contributed by atoms with E-state index in [4.69, 9.17) is 4.74 Å². The Hall–Kier alpha value is -3.84. The number of aliphatic carboxylic acids is 1. The Morgan fingerprint density at radius 3 is 2.27 bits per heavy atom. The van der Waals surface area contributed by atoms with Crippen molar-refractivity contribution in [3.05, 3.63) is 89.6 Å². The van der Waals surface area contributed by atoms with Crippen LogP contribution in [0.3, 0.4) is 0 Å². The predicted octanol–water partition coefficient (Wildman–Crippen LogP) is 8.46. The van der Waals surface area contributed by atoms with Gasteiger partial charge in [-0.3, -0.25) is 0 Å². The number of carboxylic acids is 1. The van der Waals surface area contributed by atoms with Crippen LogP contribution in [0.4, 0.5) is 0 Å². The quantitative estimate of drug-likeness (QED) is 0.144. The Morgan fingerprint density at radius 2 is 1.66 bits per heavy atom. The summed E-state index contributed by atoms with van der Waals surface area (Å²) in [5, 5.41) is 10.2. The minimum absolute atomic E-state index is 0.125. The summed E-state index contributed by atoms with van der Waals surface area (Å²) in [6, 6.07) is 20.0. The van der Waals surface area contributed by atoms with Crippen LogP contribution in [0.15, 0.2) is 77.7 Å². The molecule has 0 amide bonds. The zero-order chi connectivity index (χ0) is 29.9. The maximum absolute atomic E-state index is 14.1.